The van der Waals surface area contributed by atoms with Crippen LogP contribution in [-0.4, -0.2) is 26.7 Å². The van der Waals surface area contributed by atoms with Crippen LogP contribution in [0.3, 0.4) is 0 Å². The molecule has 1 aromatic carbocycles. The van der Waals surface area contributed by atoms with Gasteiger partial charge in [-0.2, -0.15) is 26.3 Å². The molecule has 0 radical (unpaired) electrons. The molecule has 3 rings (SSSR count). The minimum atomic E-state index is -4.76. The molecular weight excluding hydrogens is 559 g/mol. The van der Waals surface area contributed by atoms with E-state index in [-0.39, 0.29) is 0 Å². The van der Waals surface area contributed by atoms with Gasteiger partial charge in [0.2, 0.25) is 0 Å². The number of carbonyl (C=O) groups is 2. The fourth-order valence-electron chi connectivity index (χ4n) is 2.71. The van der Waals surface area contributed by atoms with E-state index in [4.69, 9.17) is 23.2 Å². The number of rotatable bonds is 5. The summed E-state index contributed by atoms with van der Waals surface area (Å²) < 4.78 is 76.6. The molecule has 0 spiro atoms. The zero-order valence-electron chi connectivity index (χ0n) is 17.5. The van der Waals surface area contributed by atoms with Gasteiger partial charge in [0.25, 0.3) is 17.5 Å². The maximum atomic E-state index is 12.8. The van der Waals surface area contributed by atoms with Crippen molar-refractivity contribution < 1.29 is 40.9 Å². The molecule has 0 unspecified atom stereocenters. The number of nitro groups is 1. The Kier molecular flexibility index (Phi) is 7.59. The zero-order valence-corrected chi connectivity index (χ0v) is 19.1. The normalized spacial score (nSPS) is 11.7. The Hall–Kier alpha value is -3.98. The van der Waals surface area contributed by atoms with Gasteiger partial charge in [-0.15, -0.1) is 0 Å². The average Bonchev–Trinajstić information content (AvgIpc) is 2.79. The van der Waals surface area contributed by atoms with E-state index in [2.05, 4.69) is 20.6 Å². The molecule has 37 heavy (non-hydrogen) atoms. The molecule has 17 heteroatoms. The molecule has 0 aliphatic carbocycles. The van der Waals surface area contributed by atoms with Gasteiger partial charge in [-0.05, 0) is 18.2 Å². The Morgan fingerprint density at radius 3 is 1.43 bits per heavy atom. The van der Waals surface area contributed by atoms with E-state index in [9.17, 15) is 46.0 Å². The number of aromatic nitrogens is 2. The smallest absolute Gasteiger partial charge is 0.305 e. The Labute approximate surface area is 211 Å². The summed E-state index contributed by atoms with van der Waals surface area (Å²) in [5, 5.41) is 14.3. The van der Waals surface area contributed by atoms with Gasteiger partial charge in [-0.3, -0.25) is 19.7 Å². The molecule has 194 valence electrons. The van der Waals surface area contributed by atoms with E-state index in [1.807, 2.05) is 0 Å². The van der Waals surface area contributed by atoms with E-state index in [1.54, 1.807) is 0 Å². The zero-order chi connectivity index (χ0) is 27.7. The van der Waals surface area contributed by atoms with Crippen LogP contribution in [0.25, 0.3) is 0 Å². The Balaban J connectivity index is 1.89. The van der Waals surface area contributed by atoms with Gasteiger partial charge >= 0.3 is 12.4 Å². The number of anilines is 2. The van der Waals surface area contributed by atoms with Crippen LogP contribution in [0.1, 0.15) is 31.8 Å². The predicted octanol–water partition coefficient (Wildman–Crippen LogP) is 6.23. The third-order valence-electron chi connectivity index (χ3n) is 4.45. The molecule has 3 aromatic rings. The summed E-state index contributed by atoms with van der Waals surface area (Å²) in [5.41, 5.74) is -4.12. The van der Waals surface area contributed by atoms with Crippen molar-refractivity contribution in [3.63, 3.8) is 0 Å². The summed E-state index contributed by atoms with van der Waals surface area (Å²) in [7, 11) is 0. The van der Waals surface area contributed by atoms with E-state index in [0.717, 1.165) is 18.2 Å². The lowest BCUT2D eigenvalue weighted by atomic mass is 10.1. The van der Waals surface area contributed by atoms with E-state index in [0.29, 0.717) is 24.5 Å². The Morgan fingerprint density at radius 1 is 0.757 bits per heavy atom. The standard InChI is InChI=1S/C20H9Cl2F6N5O4/c21-13-4-10(19(23,24)25)6-29-15(13)31-17(34)8-1-9(3-12(2-8)33(36)37)18(35)32-16-14(22)5-11(7-30-16)20(26,27)28/h1-7H,(H,29,31,34)(H,30,32,35). The Morgan fingerprint density at radius 2 is 1.14 bits per heavy atom. The van der Waals surface area contributed by atoms with Gasteiger partial charge < -0.3 is 10.6 Å². The van der Waals surface area contributed by atoms with Gasteiger partial charge in [-0.25, -0.2) is 9.97 Å². The number of hydrogen-bond acceptors (Lipinski definition) is 6. The topological polar surface area (TPSA) is 127 Å². The van der Waals surface area contributed by atoms with Crippen LogP contribution >= 0.6 is 23.2 Å². The van der Waals surface area contributed by atoms with Crippen molar-refractivity contribution in [2.45, 2.75) is 12.4 Å². The SMILES string of the molecule is O=C(Nc1ncc(C(F)(F)F)cc1Cl)c1cc(C(=O)Nc2ncc(C(F)(F)F)cc2Cl)cc([N+](=O)[O-])c1. The highest BCUT2D eigenvalue weighted by Gasteiger charge is 2.33. The number of pyridine rings is 2. The van der Waals surface area contributed by atoms with Gasteiger partial charge in [0.1, 0.15) is 0 Å². The van der Waals surface area contributed by atoms with Gasteiger partial charge in [0, 0.05) is 35.7 Å². The lowest BCUT2D eigenvalue weighted by Crippen LogP contribution is -2.18. The molecule has 2 heterocycles. The quantitative estimate of drug-likeness (QED) is 0.213. The molecule has 2 aromatic heterocycles. The van der Waals surface area contributed by atoms with Crippen molar-refractivity contribution in [1.29, 1.82) is 0 Å². The number of carbonyl (C=O) groups excluding carboxylic acids is 2. The first-order valence-corrected chi connectivity index (χ1v) is 10.2. The number of amides is 2. The third-order valence-corrected chi connectivity index (χ3v) is 5.03. The van der Waals surface area contributed by atoms with Crippen LogP contribution in [0.5, 0.6) is 0 Å². The fraction of sp³-hybridized carbons (Fsp3) is 0.100. The molecule has 0 saturated heterocycles. The highest BCUT2D eigenvalue weighted by atomic mass is 35.5. The summed E-state index contributed by atoms with van der Waals surface area (Å²) in [4.78, 5) is 42.4. The lowest BCUT2D eigenvalue weighted by Gasteiger charge is -2.12. The largest absolute Gasteiger partial charge is 0.417 e. The number of alkyl halides is 6. The molecule has 0 bridgehead atoms. The van der Waals surface area contributed by atoms with Crippen molar-refractivity contribution in [3.05, 3.63) is 85.1 Å². The first-order chi connectivity index (χ1) is 17.1. The summed E-state index contributed by atoms with van der Waals surface area (Å²) in [5.74, 6) is -3.26. The van der Waals surface area contributed by atoms with E-state index >= 15 is 0 Å². The average molecular weight is 568 g/mol. The van der Waals surface area contributed by atoms with Crippen molar-refractivity contribution in [1.82, 2.24) is 9.97 Å². The fourth-order valence-corrected chi connectivity index (χ4v) is 3.14. The van der Waals surface area contributed by atoms with Crippen molar-refractivity contribution in [2.75, 3.05) is 10.6 Å². The molecule has 0 aliphatic heterocycles. The second kappa shape index (κ2) is 10.2. The summed E-state index contributed by atoms with van der Waals surface area (Å²) in [6.07, 6.45) is -8.72. The molecule has 2 amide bonds. The molecule has 0 saturated carbocycles. The van der Waals surface area contributed by atoms with Gasteiger partial charge in [-0.1, -0.05) is 23.2 Å². The van der Waals surface area contributed by atoms with Crippen LogP contribution in [0.15, 0.2) is 42.7 Å². The number of nitro benzene ring substituents is 1. The Bertz CT molecular complexity index is 1320. The number of nitrogens with one attached hydrogen (secondary N) is 2. The van der Waals surface area contributed by atoms with Crippen LogP contribution in [-0.2, 0) is 12.4 Å². The second-order valence-electron chi connectivity index (χ2n) is 7.04. The van der Waals surface area contributed by atoms with Crippen molar-refractivity contribution in [3.8, 4) is 0 Å². The van der Waals surface area contributed by atoms with Crippen LogP contribution in [0.2, 0.25) is 10.0 Å². The molecule has 0 fully saturated rings. The number of benzene rings is 1. The minimum absolute atomic E-state index is 0.397. The summed E-state index contributed by atoms with van der Waals surface area (Å²) in [6, 6.07) is 3.38. The monoisotopic (exact) mass is 567 g/mol. The molecule has 0 atom stereocenters. The number of halogens is 8. The third kappa shape index (κ3) is 6.62. The highest BCUT2D eigenvalue weighted by molar-refractivity contribution is 6.34. The van der Waals surface area contributed by atoms with Crippen molar-refractivity contribution in [2.24, 2.45) is 0 Å². The maximum Gasteiger partial charge on any atom is 0.417 e. The van der Waals surface area contributed by atoms with Gasteiger partial charge in [0.15, 0.2) is 11.6 Å². The predicted molar refractivity (Wildman–Crippen MR) is 118 cm³/mol. The number of nitrogens with zero attached hydrogens (tertiary/aromatic N) is 3. The molecule has 0 aliphatic rings. The first kappa shape index (κ1) is 27.6. The minimum Gasteiger partial charge on any atom is -0.305 e. The van der Waals surface area contributed by atoms with Crippen LogP contribution in [0.4, 0.5) is 43.7 Å². The maximum absolute atomic E-state index is 12.8. The van der Waals surface area contributed by atoms with Crippen LogP contribution in [0, 0.1) is 10.1 Å². The van der Waals surface area contributed by atoms with Crippen molar-refractivity contribution >= 4 is 52.3 Å². The van der Waals surface area contributed by atoms with Crippen LogP contribution < -0.4 is 10.6 Å². The van der Waals surface area contributed by atoms with E-state index in [1.165, 1.54) is 0 Å². The lowest BCUT2D eigenvalue weighted by molar-refractivity contribution is -0.384. The van der Waals surface area contributed by atoms with E-state index < -0.39 is 78.7 Å². The summed E-state index contributed by atoms with van der Waals surface area (Å²) >= 11 is 11.5. The van der Waals surface area contributed by atoms with Gasteiger partial charge in [0.05, 0.1) is 26.1 Å². The summed E-state index contributed by atoms with van der Waals surface area (Å²) in [6.45, 7) is 0. The number of non-ortho nitro benzene ring substituents is 1. The number of hydrogen-bond donors (Lipinski definition) is 2. The molecular formula is C20H9Cl2F6N5O4. The molecule has 9 nitrogen and oxygen atoms in total. The highest BCUT2D eigenvalue weighted by Crippen LogP contribution is 2.34. The second-order valence-corrected chi connectivity index (χ2v) is 7.85. The first-order valence-electron chi connectivity index (χ1n) is 9.44. The molecule has 2 N–H and O–H groups in total.